The van der Waals surface area contributed by atoms with Crippen molar-refractivity contribution in [1.82, 2.24) is 0 Å². The van der Waals surface area contributed by atoms with E-state index in [1.165, 1.54) is 11.1 Å². The van der Waals surface area contributed by atoms with Crippen LogP contribution in [-0.2, 0) is 6.42 Å². The molecular formula is C12H20N2. The minimum atomic E-state index is 0.143. The van der Waals surface area contributed by atoms with Crippen LogP contribution >= 0.6 is 0 Å². The van der Waals surface area contributed by atoms with E-state index in [4.69, 9.17) is 11.5 Å². The number of nitrogens with two attached hydrogens (primary N) is 2. The van der Waals surface area contributed by atoms with Gasteiger partial charge in [0.2, 0.25) is 0 Å². The van der Waals surface area contributed by atoms with Gasteiger partial charge in [-0.2, -0.15) is 0 Å². The summed E-state index contributed by atoms with van der Waals surface area (Å²) in [6, 6.07) is 8.69. The molecule has 0 spiro atoms. The number of hydrogen-bond donors (Lipinski definition) is 2. The van der Waals surface area contributed by atoms with E-state index in [0.29, 0.717) is 0 Å². The van der Waals surface area contributed by atoms with E-state index in [-0.39, 0.29) is 6.04 Å². The quantitative estimate of drug-likeness (QED) is 0.749. The van der Waals surface area contributed by atoms with Crippen LogP contribution in [0.15, 0.2) is 24.3 Å². The van der Waals surface area contributed by atoms with Gasteiger partial charge in [0.15, 0.2) is 0 Å². The first kappa shape index (κ1) is 11.2. The Labute approximate surface area is 86.3 Å². The lowest BCUT2D eigenvalue weighted by atomic mass is 10.0. The average molecular weight is 192 g/mol. The summed E-state index contributed by atoms with van der Waals surface area (Å²) in [5.41, 5.74) is 14.0. The standard InChI is InChI=1S/C12H20N2/c1-2-10-5-7-11(8-6-10)12(14)4-3-9-13/h5-8,12H,2-4,9,13-14H2,1H3. The molecule has 0 aliphatic carbocycles. The summed E-state index contributed by atoms with van der Waals surface area (Å²) in [6.07, 6.45) is 3.05. The third kappa shape index (κ3) is 3.13. The molecule has 1 aromatic carbocycles. The Morgan fingerprint density at radius 3 is 2.36 bits per heavy atom. The molecule has 1 rings (SSSR count). The second-order valence-electron chi connectivity index (χ2n) is 3.63. The molecule has 0 aromatic heterocycles. The Bertz CT molecular complexity index is 254. The molecule has 0 heterocycles. The van der Waals surface area contributed by atoms with E-state index >= 15 is 0 Å². The highest BCUT2D eigenvalue weighted by Crippen LogP contribution is 2.16. The molecule has 78 valence electrons. The van der Waals surface area contributed by atoms with Crippen molar-refractivity contribution >= 4 is 0 Å². The van der Waals surface area contributed by atoms with Crippen LogP contribution in [0.4, 0.5) is 0 Å². The molecule has 0 radical (unpaired) electrons. The van der Waals surface area contributed by atoms with Crippen molar-refractivity contribution in [3.05, 3.63) is 35.4 Å². The first-order chi connectivity index (χ1) is 6.77. The third-order valence-electron chi connectivity index (χ3n) is 2.54. The number of aryl methyl sites for hydroxylation is 1. The van der Waals surface area contributed by atoms with E-state index in [9.17, 15) is 0 Å². The predicted molar refractivity (Wildman–Crippen MR) is 61.0 cm³/mol. The van der Waals surface area contributed by atoms with Crippen molar-refractivity contribution < 1.29 is 0 Å². The highest BCUT2D eigenvalue weighted by atomic mass is 14.6. The number of hydrogen-bond acceptors (Lipinski definition) is 2. The summed E-state index contributed by atoms with van der Waals surface area (Å²) < 4.78 is 0. The molecule has 2 heteroatoms. The molecule has 1 aromatic rings. The number of rotatable bonds is 5. The fourth-order valence-electron chi connectivity index (χ4n) is 1.50. The Balaban J connectivity index is 2.57. The first-order valence-corrected chi connectivity index (χ1v) is 5.32. The van der Waals surface area contributed by atoms with Gasteiger partial charge in [-0.05, 0) is 36.9 Å². The Morgan fingerprint density at radius 1 is 1.21 bits per heavy atom. The lowest BCUT2D eigenvalue weighted by Gasteiger charge is -2.11. The fraction of sp³-hybridized carbons (Fsp3) is 0.500. The zero-order valence-corrected chi connectivity index (χ0v) is 8.87. The number of benzene rings is 1. The van der Waals surface area contributed by atoms with Gasteiger partial charge in [0.1, 0.15) is 0 Å². The lowest BCUT2D eigenvalue weighted by Crippen LogP contribution is -2.12. The van der Waals surface area contributed by atoms with Crippen LogP contribution in [0.2, 0.25) is 0 Å². The van der Waals surface area contributed by atoms with Gasteiger partial charge in [0.25, 0.3) is 0 Å². The first-order valence-electron chi connectivity index (χ1n) is 5.32. The molecule has 0 amide bonds. The van der Waals surface area contributed by atoms with Crippen molar-refractivity contribution in [3.63, 3.8) is 0 Å². The van der Waals surface area contributed by atoms with Crippen LogP contribution in [0.25, 0.3) is 0 Å². The van der Waals surface area contributed by atoms with E-state index in [0.717, 1.165) is 25.8 Å². The molecule has 1 atom stereocenters. The molecule has 0 bridgehead atoms. The molecule has 0 aliphatic heterocycles. The highest BCUT2D eigenvalue weighted by molar-refractivity contribution is 5.24. The van der Waals surface area contributed by atoms with Gasteiger partial charge in [0, 0.05) is 6.04 Å². The zero-order valence-electron chi connectivity index (χ0n) is 8.87. The van der Waals surface area contributed by atoms with Crippen LogP contribution in [-0.4, -0.2) is 6.54 Å². The molecule has 0 aliphatic rings. The summed E-state index contributed by atoms with van der Waals surface area (Å²) in [5, 5.41) is 0. The van der Waals surface area contributed by atoms with Crippen LogP contribution in [0.5, 0.6) is 0 Å². The Morgan fingerprint density at radius 2 is 1.86 bits per heavy atom. The highest BCUT2D eigenvalue weighted by Gasteiger charge is 2.04. The van der Waals surface area contributed by atoms with E-state index in [1.807, 2.05) is 0 Å². The van der Waals surface area contributed by atoms with Gasteiger partial charge >= 0.3 is 0 Å². The molecule has 0 saturated carbocycles. The summed E-state index contributed by atoms with van der Waals surface area (Å²) in [5.74, 6) is 0. The van der Waals surface area contributed by atoms with Crippen molar-refractivity contribution in [3.8, 4) is 0 Å². The lowest BCUT2D eigenvalue weighted by molar-refractivity contribution is 0.618. The van der Waals surface area contributed by atoms with Crippen LogP contribution in [0, 0.1) is 0 Å². The van der Waals surface area contributed by atoms with Gasteiger partial charge in [-0.3, -0.25) is 0 Å². The van der Waals surface area contributed by atoms with Gasteiger partial charge in [-0.1, -0.05) is 31.2 Å². The Hall–Kier alpha value is -0.860. The van der Waals surface area contributed by atoms with E-state index < -0.39 is 0 Å². The van der Waals surface area contributed by atoms with Gasteiger partial charge in [-0.25, -0.2) is 0 Å². The summed E-state index contributed by atoms with van der Waals surface area (Å²) >= 11 is 0. The topological polar surface area (TPSA) is 52.0 Å². The summed E-state index contributed by atoms with van der Waals surface area (Å²) in [4.78, 5) is 0. The minimum absolute atomic E-state index is 0.143. The minimum Gasteiger partial charge on any atom is -0.330 e. The van der Waals surface area contributed by atoms with Crippen molar-refractivity contribution in [2.75, 3.05) is 6.54 Å². The maximum absolute atomic E-state index is 6.02. The molecule has 1 unspecified atom stereocenters. The van der Waals surface area contributed by atoms with Crippen LogP contribution in [0.3, 0.4) is 0 Å². The molecule has 0 saturated heterocycles. The average Bonchev–Trinajstić information content (AvgIpc) is 2.26. The van der Waals surface area contributed by atoms with Crippen LogP contribution < -0.4 is 11.5 Å². The van der Waals surface area contributed by atoms with Crippen molar-refractivity contribution in [1.29, 1.82) is 0 Å². The SMILES string of the molecule is CCc1ccc(C(N)CCCN)cc1. The van der Waals surface area contributed by atoms with E-state index in [2.05, 4.69) is 31.2 Å². The second-order valence-corrected chi connectivity index (χ2v) is 3.63. The Kier molecular flexibility index (Phi) is 4.63. The summed E-state index contributed by atoms with van der Waals surface area (Å²) in [7, 11) is 0. The fourth-order valence-corrected chi connectivity index (χ4v) is 1.50. The molecule has 0 fully saturated rings. The van der Waals surface area contributed by atoms with E-state index in [1.54, 1.807) is 0 Å². The summed E-state index contributed by atoms with van der Waals surface area (Å²) in [6.45, 7) is 2.88. The van der Waals surface area contributed by atoms with Gasteiger partial charge < -0.3 is 11.5 Å². The normalized spacial score (nSPS) is 12.8. The molecule has 2 nitrogen and oxygen atoms in total. The largest absolute Gasteiger partial charge is 0.330 e. The van der Waals surface area contributed by atoms with Crippen molar-refractivity contribution in [2.24, 2.45) is 11.5 Å². The molecular weight excluding hydrogens is 172 g/mol. The third-order valence-corrected chi connectivity index (χ3v) is 2.54. The smallest absolute Gasteiger partial charge is 0.0295 e. The van der Waals surface area contributed by atoms with Gasteiger partial charge in [-0.15, -0.1) is 0 Å². The zero-order chi connectivity index (χ0) is 10.4. The van der Waals surface area contributed by atoms with Crippen LogP contribution in [0.1, 0.15) is 36.9 Å². The monoisotopic (exact) mass is 192 g/mol. The molecule has 4 N–H and O–H groups in total. The van der Waals surface area contributed by atoms with Crippen molar-refractivity contribution in [2.45, 2.75) is 32.2 Å². The second kappa shape index (κ2) is 5.78. The maximum atomic E-state index is 6.02. The maximum Gasteiger partial charge on any atom is 0.0295 e. The molecule has 14 heavy (non-hydrogen) atoms. The van der Waals surface area contributed by atoms with Gasteiger partial charge in [0.05, 0.1) is 0 Å². The predicted octanol–water partition coefficient (Wildman–Crippen LogP) is 1.99.